The first kappa shape index (κ1) is 16.8. The summed E-state index contributed by atoms with van der Waals surface area (Å²) in [5, 5.41) is 3.06. The predicted octanol–water partition coefficient (Wildman–Crippen LogP) is 3.29. The number of rotatable bonds is 4. The minimum absolute atomic E-state index is 0.0621. The number of hydrogen-bond acceptors (Lipinski definition) is 4. The molecule has 4 rings (SSSR count). The third-order valence-corrected chi connectivity index (χ3v) is 5.33. The lowest BCUT2D eigenvalue weighted by atomic mass is 10.1. The molecule has 26 heavy (non-hydrogen) atoms. The Morgan fingerprint density at radius 2 is 1.96 bits per heavy atom. The molecule has 1 amide bonds. The molecule has 2 aliphatic rings. The highest BCUT2D eigenvalue weighted by Crippen LogP contribution is 2.32. The fraction of sp³-hybridized carbons (Fsp3) is 0.381. The standard InChI is InChI=1S/C21H24N2O3/c1-14-3-5-18(9-15(14)2)23-8-7-16(12-23)11-22-21(24)17-4-6-19-20(10-17)26-13-25-19/h3-6,9-10,16H,7-8,11-13H2,1-2H3,(H,22,24). The average molecular weight is 352 g/mol. The molecule has 2 aliphatic heterocycles. The van der Waals surface area contributed by atoms with Crippen molar-refractivity contribution in [3.63, 3.8) is 0 Å². The van der Waals surface area contributed by atoms with Crippen LogP contribution in [0, 0.1) is 19.8 Å². The molecule has 1 fully saturated rings. The lowest BCUT2D eigenvalue weighted by Gasteiger charge is -2.20. The summed E-state index contributed by atoms with van der Waals surface area (Å²) in [5.74, 6) is 1.74. The number of hydrogen-bond donors (Lipinski definition) is 1. The molecule has 0 aromatic heterocycles. The van der Waals surface area contributed by atoms with Crippen molar-refractivity contribution < 1.29 is 14.3 Å². The molecule has 0 aliphatic carbocycles. The molecule has 136 valence electrons. The van der Waals surface area contributed by atoms with Gasteiger partial charge in [0, 0.05) is 30.9 Å². The SMILES string of the molecule is Cc1ccc(N2CCC(CNC(=O)c3ccc4c(c3)OCO4)C2)cc1C. The van der Waals surface area contributed by atoms with E-state index in [0.717, 1.165) is 19.5 Å². The van der Waals surface area contributed by atoms with Crippen LogP contribution in [0.1, 0.15) is 27.9 Å². The summed E-state index contributed by atoms with van der Waals surface area (Å²) in [7, 11) is 0. The number of anilines is 1. The van der Waals surface area contributed by atoms with Gasteiger partial charge in [-0.1, -0.05) is 6.07 Å². The van der Waals surface area contributed by atoms with Gasteiger partial charge in [-0.2, -0.15) is 0 Å². The van der Waals surface area contributed by atoms with E-state index in [4.69, 9.17) is 9.47 Å². The molecular formula is C21H24N2O3. The molecule has 1 N–H and O–H groups in total. The van der Waals surface area contributed by atoms with Crippen molar-refractivity contribution in [1.29, 1.82) is 0 Å². The summed E-state index contributed by atoms with van der Waals surface area (Å²) in [5.41, 5.74) is 4.53. The van der Waals surface area contributed by atoms with Gasteiger partial charge in [0.05, 0.1) is 0 Å². The van der Waals surface area contributed by atoms with Crippen LogP contribution in [0.3, 0.4) is 0 Å². The molecule has 1 atom stereocenters. The molecule has 5 nitrogen and oxygen atoms in total. The Morgan fingerprint density at radius 3 is 2.81 bits per heavy atom. The number of ether oxygens (including phenoxy) is 2. The summed E-state index contributed by atoms with van der Waals surface area (Å²) in [6.45, 7) is 7.21. The van der Waals surface area contributed by atoms with Crippen LogP contribution in [-0.4, -0.2) is 32.3 Å². The van der Waals surface area contributed by atoms with E-state index in [2.05, 4.69) is 42.3 Å². The summed E-state index contributed by atoms with van der Waals surface area (Å²) in [6.07, 6.45) is 1.09. The number of aryl methyl sites for hydroxylation is 2. The molecule has 1 saturated heterocycles. The van der Waals surface area contributed by atoms with Crippen LogP contribution in [0.15, 0.2) is 36.4 Å². The Bertz CT molecular complexity index is 834. The van der Waals surface area contributed by atoms with Crippen LogP contribution in [0.5, 0.6) is 11.5 Å². The summed E-state index contributed by atoms with van der Waals surface area (Å²) in [6, 6.07) is 11.9. The first-order chi connectivity index (χ1) is 12.6. The fourth-order valence-corrected chi connectivity index (χ4v) is 3.53. The number of benzene rings is 2. The Morgan fingerprint density at radius 1 is 1.12 bits per heavy atom. The topological polar surface area (TPSA) is 50.8 Å². The van der Waals surface area contributed by atoms with Gasteiger partial charge in [-0.15, -0.1) is 0 Å². The second-order valence-corrected chi connectivity index (χ2v) is 7.15. The summed E-state index contributed by atoms with van der Waals surface area (Å²) in [4.78, 5) is 14.8. The number of amides is 1. The molecule has 0 saturated carbocycles. The van der Waals surface area contributed by atoms with Gasteiger partial charge in [0.25, 0.3) is 5.91 Å². The first-order valence-electron chi connectivity index (χ1n) is 9.10. The van der Waals surface area contributed by atoms with E-state index in [1.165, 1.54) is 16.8 Å². The van der Waals surface area contributed by atoms with Gasteiger partial charge in [-0.25, -0.2) is 0 Å². The van der Waals surface area contributed by atoms with E-state index in [1.807, 2.05) is 0 Å². The van der Waals surface area contributed by atoms with E-state index in [1.54, 1.807) is 18.2 Å². The maximum absolute atomic E-state index is 12.4. The highest BCUT2D eigenvalue weighted by molar-refractivity contribution is 5.94. The molecule has 2 aromatic carbocycles. The molecule has 1 unspecified atom stereocenters. The zero-order valence-electron chi connectivity index (χ0n) is 15.2. The van der Waals surface area contributed by atoms with Crippen molar-refractivity contribution in [1.82, 2.24) is 5.32 Å². The van der Waals surface area contributed by atoms with Crippen LogP contribution < -0.4 is 19.7 Å². The minimum Gasteiger partial charge on any atom is -0.454 e. The second-order valence-electron chi connectivity index (χ2n) is 7.15. The van der Waals surface area contributed by atoms with Crippen molar-refractivity contribution in [2.24, 2.45) is 5.92 Å². The zero-order valence-corrected chi connectivity index (χ0v) is 15.2. The van der Waals surface area contributed by atoms with Crippen LogP contribution in [0.25, 0.3) is 0 Å². The molecule has 5 heteroatoms. The zero-order chi connectivity index (χ0) is 18.1. The van der Waals surface area contributed by atoms with Crippen molar-refractivity contribution >= 4 is 11.6 Å². The lowest BCUT2D eigenvalue weighted by Crippen LogP contribution is -2.31. The molecule has 0 spiro atoms. The van der Waals surface area contributed by atoms with Crippen molar-refractivity contribution in [2.75, 3.05) is 31.3 Å². The Balaban J connectivity index is 1.32. The highest BCUT2D eigenvalue weighted by atomic mass is 16.7. The maximum atomic E-state index is 12.4. The van der Waals surface area contributed by atoms with Crippen LogP contribution in [0.2, 0.25) is 0 Å². The van der Waals surface area contributed by atoms with Gasteiger partial charge in [-0.3, -0.25) is 4.79 Å². The van der Waals surface area contributed by atoms with Crippen molar-refractivity contribution in [3.8, 4) is 11.5 Å². The van der Waals surface area contributed by atoms with Gasteiger partial charge >= 0.3 is 0 Å². The highest BCUT2D eigenvalue weighted by Gasteiger charge is 2.24. The summed E-state index contributed by atoms with van der Waals surface area (Å²) >= 11 is 0. The lowest BCUT2D eigenvalue weighted by molar-refractivity contribution is 0.0948. The van der Waals surface area contributed by atoms with Crippen molar-refractivity contribution in [2.45, 2.75) is 20.3 Å². The molecule has 2 aromatic rings. The normalized spacial score (nSPS) is 18.2. The molecule has 0 radical (unpaired) electrons. The van der Waals surface area contributed by atoms with Gasteiger partial charge in [-0.05, 0) is 67.6 Å². The Kier molecular flexibility index (Phi) is 4.45. The molecular weight excluding hydrogens is 328 g/mol. The Hall–Kier alpha value is -2.69. The third kappa shape index (κ3) is 3.34. The van der Waals surface area contributed by atoms with Crippen LogP contribution in [0.4, 0.5) is 5.69 Å². The molecule has 2 heterocycles. The maximum Gasteiger partial charge on any atom is 0.251 e. The van der Waals surface area contributed by atoms with Crippen molar-refractivity contribution in [3.05, 3.63) is 53.1 Å². The second kappa shape index (κ2) is 6.90. The van der Waals surface area contributed by atoms with Gasteiger partial charge in [0.2, 0.25) is 6.79 Å². The van der Waals surface area contributed by atoms with Crippen LogP contribution >= 0.6 is 0 Å². The van der Waals surface area contributed by atoms with E-state index >= 15 is 0 Å². The number of nitrogens with zero attached hydrogens (tertiary/aromatic N) is 1. The minimum atomic E-state index is -0.0621. The Labute approximate surface area is 153 Å². The quantitative estimate of drug-likeness (QED) is 0.917. The number of carbonyl (C=O) groups excluding carboxylic acids is 1. The fourth-order valence-electron chi connectivity index (χ4n) is 3.53. The van der Waals surface area contributed by atoms with Gasteiger partial charge in [0.1, 0.15) is 0 Å². The van der Waals surface area contributed by atoms with E-state index < -0.39 is 0 Å². The van der Waals surface area contributed by atoms with Crippen LogP contribution in [-0.2, 0) is 0 Å². The number of nitrogens with one attached hydrogen (secondary N) is 1. The smallest absolute Gasteiger partial charge is 0.251 e. The predicted molar refractivity (Wildman–Crippen MR) is 101 cm³/mol. The van der Waals surface area contributed by atoms with E-state index in [0.29, 0.717) is 29.5 Å². The average Bonchev–Trinajstić information content (AvgIpc) is 3.30. The van der Waals surface area contributed by atoms with E-state index in [9.17, 15) is 4.79 Å². The largest absolute Gasteiger partial charge is 0.454 e. The molecule has 0 bridgehead atoms. The third-order valence-electron chi connectivity index (χ3n) is 5.33. The van der Waals surface area contributed by atoms with Gasteiger partial charge in [0.15, 0.2) is 11.5 Å². The van der Waals surface area contributed by atoms with E-state index in [-0.39, 0.29) is 12.7 Å². The monoisotopic (exact) mass is 352 g/mol. The first-order valence-corrected chi connectivity index (χ1v) is 9.10. The number of carbonyl (C=O) groups is 1. The summed E-state index contributed by atoms with van der Waals surface area (Å²) < 4.78 is 10.6. The number of fused-ring (bicyclic) bond motifs is 1. The van der Waals surface area contributed by atoms with Gasteiger partial charge < -0.3 is 19.7 Å².